The van der Waals surface area contributed by atoms with Crippen molar-refractivity contribution in [2.75, 3.05) is 0 Å². The van der Waals surface area contributed by atoms with Crippen molar-refractivity contribution >= 4 is 23.1 Å². The summed E-state index contributed by atoms with van der Waals surface area (Å²) >= 11 is 0. The Morgan fingerprint density at radius 1 is 0.929 bits per heavy atom. The van der Waals surface area contributed by atoms with Crippen LogP contribution in [0.2, 0.25) is 0 Å². The Balaban J connectivity index is -0.000000605. The smallest absolute Gasteiger partial charge is 1.00 e. The predicted molar refractivity (Wildman–Crippen MR) is 35.9 cm³/mol. The van der Waals surface area contributed by atoms with Gasteiger partial charge in [-0.3, -0.25) is 0 Å². The summed E-state index contributed by atoms with van der Waals surface area (Å²) in [6.45, 7) is 2.75. The first-order valence-corrected chi connectivity index (χ1v) is 2.99. The van der Waals surface area contributed by atoms with Crippen molar-refractivity contribution in [3.05, 3.63) is 6.92 Å². The van der Waals surface area contributed by atoms with Crippen LogP contribution in [0.3, 0.4) is 0 Å². The minimum atomic E-state index is -5.30. The SMILES string of the molecule is [Br-].[CH2-]CC(C)(C(F)(F)F)C(F)(F)F.[Mg+2]. The van der Waals surface area contributed by atoms with E-state index >= 15 is 0 Å². The zero-order valence-electron chi connectivity index (χ0n) is 7.27. The number of hydrogen-bond donors (Lipinski definition) is 0. The Labute approximate surface area is 104 Å². The van der Waals surface area contributed by atoms with E-state index in [0.717, 1.165) is 0 Å². The molecule has 0 fully saturated rings. The molecule has 0 aromatic carbocycles. The summed E-state index contributed by atoms with van der Waals surface area (Å²) in [5.74, 6) is 0. The van der Waals surface area contributed by atoms with Gasteiger partial charge in [0.15, 0.2) is 0 Å². The van der Waals surface area contributed by atoms with Crippen LogP contribution in [0.25, 0.3) is 0 Å². The van der Waals surface area contributed by atoms with Crippen LogP contribution in [-0.4, -0.2) is 35.4 Å². The molecule has 0 aliphatic heterocycles. The molecule has 0 saturated carbocycles. The Bertz CT molecular complexity index is 149. The van der Waals surface area contributed by atoms with Crippen molar-refractivity contribution in [3.63, 3.8) is 0 Å². The second-order valence-corrected chi connectivity index (χ2v) is 2.58. The zero-order chi connectivity index (χ0) is 10.2. The molecule has 14 heavy (non-hydrogen) atoms. The molecule has 8 heteroatoms. The number of alkyl halides is 6. The molecule has 0 spiro atoms. The first-order chi connectivity index (χ1) is 5.06. The number of hydrogen-bond acceptors (Lipinski definition) is 0. The van der Waals surface area contributed by atoms with Crippen molar-refractivity contribution in [1.29, 1.82) is 0 Å². The molecule has 0 bridgehead atoms. The fraction of sp³-hybridized carbons (Fsp3) is 0.833. The Hall–Kier alpha value is 0.826. The molecule has 0 nitrogen and oxygen atoms in total. The maximum absolute atomic E-state index is 11.8. The number of halogens is 7. The summed E-state index contributed by atoms with van der Waals surface area (Å²) < 4.78 is 71.0. The first-order valence-electron chi connectivity index (χ1n) is 2.99. The van der Waals surface area contributed by atoms with Gasteiger partial charge in [-0.2, -0.15) is 32.8 Å². The molecular weight excluding hydrogens is 290 g/mol. The largest absolute Gasteiger partial charge is 2.00 e. The molecule has 0 unspecified atom stereocenters. The molecule has 0 aliphatic carbocycles. The summed E-state index contributed by atoms with van der Waals surface area (Å²) in [6.07, 6.45) is -11.8. The van der Waals surface area contributed by atoms with Crippen molar-refractivity contribution in [1.82, 2.24) is 0 Å². The van der Waals surface area contributed by atoms with E-state index in [-0.39, 0.29) is 47.0 Å². The average Bonchev–Trinajstić information content (AvgIpc) is 1.81. The van der Waals surface area contributed by atoms with E-state index in [1.54, 1.807) is 0 Å². The second kappa shape index (κ2) is 5.79. The van der Waals surface area contributed by atoms with Gasteiger partial charge in [-0.1, -0.05) is 0 Å². The monoisotopic (exact) mass is 296 g/mol. The fourth-order valence-corrected chi connectivity index (χ4v) is 0.444. The van der Waals surface area contributed by atoms with E-state index in [9.17, 15) is 26.3 Å². The van der Waals surface area contributed by atoms with Gasteiger partial charge >= 0.3 is 35.4 Å². The predicted octanol–water partition coefficient (Wildman–Crippen LogP) is -0.0353. The van der Waals surface area contributed by atoms with Crippen LogP contribution in [0.15, 0.2) is 0 Å². The first kappa shape index (κ1) is 20.3. The van der Waals surface area contributed by atoms with Gasteiger partial charge in [-0.15, -0.1) is 0 Å². The summed E-state index contributed by atoms with van der Waals surface area (Å²) in [5.41, 5.74) is -3.69. The van der Waals surface area contributed by atoms with E-state index in [1.807, 2.05) is 0 Å². The molecule has 0 rings (SSSR count). The van der Waals surface area contributed by atoms with Crippen LogP contribution in [0.4, 0.5) is 26.3 Å². The van der Waals surface area contributed by atoms with Gasteiger partial charge in [0, 0.05) is 0 Å². The maximum Gasteiger partial charge on any atom is 2.00 e. The van der Waals surface area contributed by atoms with Gasteiger partial charge in [-0.05, 0) is 6.92 Å². The Kier molecular flexibility index (Phi) is 8.38. The van der Waals surface area contributed by atoms with E-state index < -0.39 is 24.2 Å². The van der Waals surface area contributed by atoms with Crippen LogP contribution < -0.4 is 17.0 Å². The molecule has 0 amide bonds. The van der Waals surface area contributed by atoms with E-state index in [0.29, 0.717) is 0 Å². The average molecular weight is 297 g/mol. The van der Waals surface area contributed by atoms with Gasteiger partial charge in [0.1, 0.15) is 5.41 Å². The molecule has 0 aromatic rings. The molecule has 82 valence electrons. The normalized spacial score (nSPS) is 12.9. The fourth-order valence-electron chi connectivity index (χ4n) is 0.444. The Morgan fingerprint density at radius 2 is 1.14 bits per heavy atom. The van der Waals surface area contributed by atoms with Crippen molar-refractivity contribution in [2.45, 2.75) is 25.7 Å². The van der Waals surface area contributed by atoms with Crippen molar-refractivity contribution in [2.24, 2.45) is 5.41 Å². The molecule has 0 radical (unpaired) electrons. The molecule has 0 aliphatic rings. The standard InChI is InChI=1S/C6H7F6.BrH.Mg/c1-3-4(2,5(7,8)9)6(10,11)12;;/h1,3H2,2H3;1H;/q-1;;+2/p-1. The quantitative estimate of drug-likeness (QED) is 0.362. The van der Waals surface area contributed by atoms with Gasteiger partial charge in [0.05, 0.1) is 0 Å². The van der Waals surface area contributed by atoms with Gasteiger partial charge < -0.3 is 23.9 Å². The van der Waals surface area contributed by atoms with Crippen LogP contribution in [0.1, 0.15) is 13.3 Å². The minimum Gasteiger partial charge on any atom is -1.00 e. The Morgan fingerprint density at radius 3 is 1.14 bits per heavy atom. The molecule has 0 heterocycles. The third kappa shape index (κ3) is 3.77. The topological polar surface area (TPSA) is 0 Å². The van der Waals surface area contributed by atoms with Crippen LogP contribution >= 0.6 is 0 Å². The third-order valence-corrected chi connectivity index (χ3v) is 1.75. The molecular formula is C6H7BrF6Mg. The summed E-state index contributed by atoms with van der Waals surface area (Å²) in [7, 11) is 0. The molecule has 0 atom stereocenters. The van der Waals surface area contributed by atoms with E-state index in [1.165, 1.54) is 0 Å². The third-order valence-electron chi connectivity index (χ3n) is 1.75. The van der Waals surface area contributed by atoms with Crippen LogP contribution in [0.5, 0.6) is 0 Å². The van der Waals surface area contributed by atoms with Gasteiger partial charge in [0.2, 0.25) is 0 Å². The minimum absolute atomic E-state index is 0. The van der Waals surface area contributed by atoms with Crippen LogP contribution in [-0.2, 0) is 0 Å². The summed E-state index contributed by atoms with van der Waals surface area (Å²) in [6, 6.07) is 0. The van der Waals surface area contributed by atoms with Gasteiger partial charge in [-0.25, -0.2) is 0 Å². The molecule has 0 saturated heterocycles. The maximum atomic E-state index is 11.8. The number of rotatable bonds is 1. The van der Waals surface area contributed by atoms with Crippen molar-refractivity contribution in [3.8, 4) is 0 Å². The summed E-state index contributed by atoms with van der Waals surface area (Å²) in [5, 5.41) is 0. The van der Waals surface area contributed by atoms with E-state index in [4.69, 9.17) is 0 Å². The summed E-state index contributed by atoms with van der Waals surface area (Å²) in [4.78, 5) is 0. The zero-order valence-corrected chi connectivity index (χ0v) is 10.3. The van der Waals surface area contributed by atoms with Crippen LogP contribution in [0, 0.1) is 12.3 Å². The van der Waals surface area contributed by atoms with E-state index in [2.05, 4.69) is 6.92 Å². The molecule has 0 aromatic heterocycles. The molecule has 0 N–H and O–H groups in total. The van der Waals surface area contributed by atoms with Gasteiger partial charge in [0.25, 0.3) is 0 Å². The van der Waals surface area contributed by atoms with Crippen molar-refractivity contribution < 1.29 is 43.3 Å². The second-order valence-electron chi connectivity index (χ2n) is 2.58.